The molecule has 3 fully saturated rings. The zero-order chi connectivity index (χ0) is 16.1. The van der Waals surface area contributed by atoms with Crippen LogP contribution in [-0.4, -0.2) is 24.2 Å². The molecule has 0 aromatic heterocycles. The maximum absolute atomic E-state index is 6.24. The molecule has 3 heteroatoms. The summed E-state index contributed by atoms with van der Waals surface area (Å²) in [6, 6.07) is 10.8. The third-order valence-corrected chi connectivity index (χ3v) is 4.38. The minimum atomic E-state index is 0. The van der Waals surface area contributed by atoms with Crippen LogP contribution in [0.15, 0.2) is 30.3 Å². The molecule has 1 heterocycles. The average Bonchev–Trinajstić information content (AvgIpc) is 3.34. The van der Waals surface area contributed by atoms with Gasteiger partial charge in [0.2, 0.25) is 0 Å². The predicted molar refractivity (Wildman–Crippen MR) is 93.2 cm³/mol. The van der Waals surface area contributed by atoms with E-state index >= 15 is 0 Å². The molecule has 10 radical (unpaired) electrons. The minimum absolute atomic E-state index is 0. The van der Waals surface area contributed by atoms with Crippen LogP contribution in [0.1, 0.15) is 18.6 Å². The number of benzene rings is 1. The molecule has 0 N–H and O–H groups in total. The molecule has 24 heavy (non-hydrogen) atoms. The van der Waals surface area contributed by atoms with Crippen LogP contribution in [0.4, 0.5) is 0 Å². The first kappa shape index (κ1) is 20.0. The average molecular weight is 361 g/mol. The molecule has 4 rings (SSSR count). The molecule has 3 atom stereocenters. The number of nitrogens with zero attached hydrogens (tertiary/aromatic N) is 1. The van der Waals surface area contributed by atoms with Crippen molar-refractivity contribution in [3.63, 3.8) is 0 Å². The number of ether oxygens (including phenoxy) is 1. The Balaban J connectivity index is 0.000000300. The van der Waals surface area contributed by atoms with Gasteiger partial charge in [0, 0.05) is 12.0 Å². The Morgan fingerprint density at radius 3 is 1.92 bits per heavy atom. The van der Waals surface area contributed by atoms with Crippen molar-refractivity contribution in [3.05, 3.63) is 99.6 Å². The van der Waals surface area contributed by atoms with Gasteiger partial charge in [0.1, 0.15) is 6.23 Å². The van der Waals surface area contributed by atoms with E-state index in [2.05, 4.69) is 68.8 Å². The van der Waals surface area contributed by atoms with Crippen molar-refractivity contribution in [3.8, 4) is 0 Å². The Kier molecular flexibility index (Phi) is 8.30. The summed E-state index contributed by atoms with van der Waals surface area (Å²) in [5, 5.41) is 0. The summed E-state index contributed by atoms with van der Waals surface area (Å²) < 4.78 is 6.24. The van der Waals surface area contributed by atoms with Crippen molar-refractivity contribution in [2.75, 3.05) is 7.05 Å². The van der Waals surface area contributed by atoms with E-state index in [9.17, 15) is 0 Å². The van der Waals surface area contributed by atoms with Crippen molar-refractivity contribution in [1.82, 2.24) is 4.90 Å². The monoisotopic (exact) mass is 361 g/mol. The summed E-state index contributed by atoms with van der Waals surface area (Å²) in [6.45, 7) is 2.22. The second-order valence-electron chi connectivity index (χ2n) is 5.91. The molecular weight excluding hydrogens is 338 g/mol. The molecule has 0 unspecified atom stereocenters. The fourth-order valence-electron chi connectivity index (χ4n) is 2.96. The van der Waals surface area contributed by atoms with Gasteiger partial charge in [-0.2, -0.15) is 0 Å². The molecule has 1 aromatic rings. The first-order valence-corrected chi connectivity index (χ1v) is 8.08. The van der Waals surface area contributed by atoms with E-state index in [1.54, 1.807) is 0 Å². The van der Waals surface area contributed by atoms with Crippen molar-refractivity contribution in [2.45, 2.75) is 25.3 Å². The van der Waals surface area contributed by atoms with Gasteiger partial charge >= 0.3 is 17.1 Å². The first-order chi connectivity index (χ1) is 11.3. The second-order valence-corrected chi connectivity index (χ2v) is 5.91. The van der Waals surface area contributed by atoms with Gasteiger partial charge in [-0.15, -0.1) is 0 Å². The molecule has 0 amide bonds. The topological polar surface area (TPSA) is 12.5 Å². The molecule has 124 valence electrons. The maximum atomic E-state index is 6.24. The normalized spacial score (nSPS) is 30.7. The van der Waals surface area contributed by atoms with Gasteiger partial charge in [0.15, 0.2) is 0 Å². The van der Waals surface area contributed by atoms with Crippen LogP contribution in [0, 0.1) is 63.7 Å². The van der Waals surface area contributed by atoms with Gasteiger partial charge in [-0.05, 0) is 77.3 Å². The molecular formula is C21H23FeNO+2. The van der Waals surface area contributed by atoms with Gasteiger partial charge in [0.25, 0.3) is 0 Å². The second kappa shape index (κ2) is 9.97. The van der Waals surface area contributed by atoms with Gasteiger partial charge in [-0.1, -0.05) is 30.3 Å². The van der Waals surface area contributed by atoms with E-state index in [1.807, 2.05) is 38.2 Å². The molecule has 2 saturated carbocycles. The van der Waals surface area contributed by atoms with E-state index < -0.39 is 0 Å². The van der Waals surface area contributed by atoms with E-state index in [0.29, 0.717) is 6.04 Å². The summed E-state index contributed by atoms with van der Waals surface area (Å²) in [7, 11) is 2.13. The maximum Gasteiger partial charge on any atom is 2.00 e. The van der Waals surface area contributed by atoms with E-state index in [4.69, 9.17) is 4.74 Å². The number of likely N-dealkylation sites (N-methyl/N-ethyl adjacent to an activating group) is 1. The fraction of sp³-hybridized carbons (Fsp3) is 0.238. The molecule has 2 aliphatic carbocycles. The van der Waals surface area contributed by atoms with Crippen LogP contribution >= 0.6 is 0 Å². The van der Waals surface area contributed by atoms with Crippen molar-refractivity contribution in [2.24, 2.45) is 0 Å². The Bertz CT molecular complexity index is 449. The van der Waals surface area contributed by atoms with Crippen molar-refractivity contribution >= 4 is 0 Å². The molecule has 2 nitrogen and oxygen atoms in total. The quantitative estimate of drug-likeness (QED) is 0.743. The van der Waals surface area contributed by atoms with Gasteiger partial charge < -0.3 is 4.74 Å². The van der Waals surface area contributed by atoms with Gasteiger partial charge in [0.05, 0.1) is 6.10 Å². The van der Waals surface area contributed by atoms with E-state index in [-0.39, 0.29) is 29.4 Å². The van der Waals surface area contributed by atoms with Gasteiger partial charge in [-0.3, -0.25) is 4.90 Å². The Labute approximate surface area is 158 Å². The Morgan fingerprint density at radius 2 is 1.38 bits per heavy atom. The molecule has 1 aliphatic heterocycles. The SMILES string of the molecule is C[C@H]1[C@@H](c2ccccc2)O[C@@H]([C]2[CH][CH][CH][CH]2)N1C.[CH]1[CH][CH][CH][CH]1.[Fe+2]. The van der Waals surface area contributed by atoms with Crippen LogP contribution in [0.25, 0.3) is 0 Å². The zero-order valence-electron chi connectivity index (χ0n) is 14.0. The smallest absolute Gasteiger partial charge is 0.353 e. The molecule has 1 saturated heterocycles. The first-order valence-electron chi connectivity index (χ1n) is 8.08. The van der Waals surface area contributed by atoms with Crippen LogP contribution in [0.3, 0.4) is 0 Å². The minimum Gasteiger partial charge on any atom is -0.353 e. The largest absolute Gasteiger partial charge is 2.00 e. The van der Waals surface area contributed by atoms with Crippen LogP contribution in [0.5, 0.6) is 0 Å². The van der Waals surface area contributed by atoms with Crippen LogP contribution < -0.4 is 0 Å². The van der Waals surface area contributed by atoms with Gasteiger partial charge in [-0.25, -0.2) is 0 Å². The third kappa shape index (κ3) is 4.85. The standard InChI is InChI=1S/C16H18NO.C5H5.Fe/c1-12-15(13-8-4-3-5-9-13)18-16(17(12)2)14-10-6-7-11-14;1-2-4-5-3-1;/h3-12,15-16H,1-2H3;1-5H;/q;;+2/t12-,15-,16-;;/m0../s1. The van der Waals surface area contributed by atoms with Crippen molar-refractivity contribution < 1.29 is 21.8 Å². The number of rotatable bonds is 2. The summed E-state index contributed by atoms with van der Waals surface area (Å²) in [5.41, 5.74) is 1.26. The van der Waals surface area contributed by atoms with Crippen LogP contribution in [0.2, 0.25) is 0 Å². The fourth-order valence-corrected chi connectivity index (χ4v) is 2.96. The molecule has 3 aliphatic rings. The molecule has 1 aromatic carbocycles. The third-order valence-electron chi connectivity index (χ3n) is 4.38. The summed E-state index contributed by atoms with van der Waals surface area (Å²) in [4.78, 5) is 2.30. The molecule has 0 bridgehead atoms. The summed E-state index contributed by atoms with van der Waals surface area (Å²) in [6.07, 6.45) is 18.6. The number of hydrogen-bond donors (Lipinski definition) is 0. The van der Waals surface area contributed by atoms with E-state index in [1.165, 1.54) is 11.5 Å². The van der Waals surface area contributed by atoms with Crippen LogP contribution in [-0.2, 0) is 21.8 Å². The Hall–Kier alpha value is -0.341. The summed E-state index contributed by atoms with van der Waals surface area (Å²) in [5.74, 6) is 1.24. The molecule has 0 spiro atoms. The number of hydrogen-bond acceptors (Lipinski definition) is 2. The predicted octanol–water partition coefficient (Wildman–Crippen LogP) is 3.83. The van der Waals surface area contributed by atoms with E-state index in [0.717, 1.165) is 0 Å². The van der Waals surface area contributed by atoms with Crippen molar-refractivity contribution in [1.29, 1.82) is 0 Å². The zero-order valence-corrected chi connectivity index (χ0v) is 15.1. The Morgan fingerprint density at radius 1 is 0.833 bits per heavy atom. The summed E-state index contributed by atoms with van der Waals surface area (Å²) >= 11 is 0.